The maximum atomic E-state index is 5.68. The predicted octanol–water partition coefficient (Wildman–Crippen LogP) is 12.3. The number of nitrogens with zero attached hydrogens (tertiary/aromatic N) is 4. The molecule has 0 bridgehead atoms. The summed E-state index contributed by atoms with van der Waals surface area (Å²) in [7, 11) is 1.70. The Balaban J connectivity index is 1.15. The molecular formula is C49H32N4O. The highest BCUT2D eigenvalue weighted by Gasteiger charge is 2.21. The van der Waals surface area contributed by atoms with Crippen molar-refractivity contribution in [2.75, 3.05) is 7.11 Å². The number of benzene rings is 7. The van der Waals surface area contributed by atoms with E-state index in [0.717, 1.165) is 67.0 Å². The minimum absolute atomic E-state index is 0.793. The second-order valence-corrected chi connectivity index (χ2v) is 13.8. The molecule has 0 aliphatic heterocycles. The Morgan fingerprint density at radius 3 is 1.65 bits per heavy atom. The summed E-state index contributed by atoms with van der Waals surface area (Å²) >= 11 is 0. The molecule has 0 amide bonds. The SMILES string of the molecule is COc1ccccc1-c1ccc2ccc3ccc(-c4cccc(-n5c6ccccc6c6ccc7c8ccccc8n(-c8ccccc8)c7c65)c4)nc3c2n1. The van der Waals surface area contributed by atoms with E-state index in [9.17, 15) is 0 Å². The second kappa shape index (κ2) is 11.9. The molecule has 5 nitrogen and oxygen atoms in total. The molecule has 0 unspecified atom stereocenters. The number of para-hydroxylation sites is 4. The van der Waals surface area contributed by atoms with Crippen molar-refractivity contribution in [1.82, 2.24) is 19.1 Å². The Morgan fingerprint density at radius 1 is 0.426 bits per heavy atom. The monoisotopic (exact) mass is 692 g/mol. The Morgan fingerprint density at radius 2 is 0.963 bits per heavy atom. The third-order valence-electron chi connectivity index (χ3n) is 10.8. The van der Waals surface area contributed by atoms with Crippen LogP contribution in [0.1, 0.15) is 0 Å². The van der Waals surface area contributed by atoms with E-state index in [1.54, 1.807) is 7.11 Å². The van der Waals surface area contributed by atoms with Crippen LogP contribution in [0.5, 0.6) is 5.75 Å². The summed E-state index contributed by atoms with van der Waals surface area (Å²) in [6.45, 7) is 0. The highest BCUT2D eigenvalue weighted by Crippen LogP contribution is 2.42. The van der Waals surface area contributed by atoms with Crippen LogP contribution in [-0.2, 0) is 0 Å². The van der Waals surface area contributed by atoms with Gasteiger partial charge in [-0.2, -0.15) is 0 Å². The van der Waals surface area contributed by atoms with E-state index < -0.39 is 0 Å². The smallest absolute Gasteiger partial charge is 0.128 e. The standard InChI is InChI=1S/C49H32N4O/c1-54-45-21-10-7-18-40(45)42-29-25-32-23-22-31-24-28-41(50-46(31)47(32)51-42)33-12-11-15-35(30-33)53-44-20-9-6-17-37(44)39-27-26-38-36-16-5-8-19-43(36)52(48(38)49(39)53)34-13-3-2-4-14-34/h2-30H,1H3. The van der Waals surface area contributed by atoms with Gasteiger partial charge in [0.25, 0.3) is 0 Å². The fraction of sp³-hybridized carbons (Fsp3) is 0.0204. The average molecular weight is 693 g/mol. The van der Waals surface area contributed by atoms with Gasteiger partial charge in [0.05, 0.1) is 51.6 Å². The lowest BCUT2D eigenvalue weighted by atomic mass is 10.0. The molecule has 0 saturated carbocycles. The lowest BCUT2D eigenvalue weighted by Gasteiger charge is -2.14. The van der Waals surface area contributed by atoms with Gasteiger partial charge >= 0.3 is 0 Å². The van der Waals surface area contributed by atoms with Crippen LogP contribution in [-0.4, -0.2) is 26.2 Å². The van der Waals surface area contributed by atoms with Crippen molar-refractivity contribution in [2.24, 2.45) is 0 Å². The summed E-state index contributed by atoms with van der Waals surface area (Å²) in [5.41, 5.74) is 12.4. The van der Waals surface area contributed by atoms with Crippen LogP contribution >= 0.6 is 0 Å². The Hall–Kier alpha value is -7.24. The Bertz CT molecular complexity index is 3270. The summed E-state index contributed by atoms with van der Waals surface area (Å²) in [6.07, 6.45) is 0. The molecule has 0 radical (unpaired) electrons. The number of hydrogen-bond acceptors (Lipinski definition) is 3. The van der Waals surface area contributed by atoms with Crippen LogP contribution in [0.3, 0.4) is 0 Å². The lowest BCUT2D eigenvalue weighted by molar-refractivity contribution is 0.416. The van der Waals surface area contributed by atoms with Gasteiger partial charge in [-0.1, -0.05) is 115 Å². The third-order valence-corrected chi connectivity index (χ3v) is 10.8. The first-order valence-electron chi connectivity index (χ1n) is 18.2. The van der Waals surface area contributed by atoms with Crippen molar-refractivity contribution in [2.45, 2.75) is 0 Å². The van der Waals surface area contributed by atoms with Crippen molar-refractivity contribution in [3.63, 3.8) is 0 Å². The van der Waals surface area contributed by atoms with Crippen LogP contribution in [0, 0.1) is 0 Å². The molecule has 5 heteroatoms. The maximum Gasteiger partial charge on any atom is 0.128 e. The van der Waals surface area contributed by atoms with E-state index >= 15 is 0 Å². The molecule has 11 rings (SSSR count). The number of pyridine rings is 2. The van der Waals surface area contributed by atoms with Crippen molar-refractivity contribution in [3.8, 4) is 39.6 Å². The minimum Gasteiger partial charge on any atom is -0.496 e. The van der Waals surface area contributed by atoms with Gasteiger partial charge in [-0.05, 0) is 60.7 Å². The zero-order valence-electron chi connectivity index (χ0n) is 29.4. The second-order valence-electron chi connectivity index (χ2n) is 13.8. The van der Waals surface area contributed by atoms with Crippen molar-refractivity contribution in [3.05, 3.63) is 176 Å². The number of hydrogen-bond donors (Lipinski definition) is 0. The van der Waals surface area contributed by atoms with Gasteiger partial charge in [0.15, 0.2) is 0 Å². The molecule has 11 aromatic rings. The minimum atomic E-state index is 0.793. The first-order valence-corrected chi connectivity index (χ1v) is 18.2. The maximum absolute atomic E-state index is 5.68. The van der Waals surface area contributed by atoms with Gasteiger partial charge in [0.2, 0.25) is 0 Å². The van der Waals surface area contributed by atoms with E-state index in [4.69, 9.17) is 14.7 Å². The van der Waals surface area contributed by atoms with Crippen LogP contribution in [0.15, 0.2) is 176 Å². The number of fused-ring (bicyclic) bond motifs is 10. The highest BCUT2D eigenvalue weighted by molar-refractivity contribution is 6.23. The molecule has 0 fully saturated rings. The molecule has 0 saturated heterocycles. The van der Waals surface area contributed by atoms with Crippen LogP contribution in [0.25, 0.3) is 99.3 Å². The summed E-state index contributed by atoms with van der Waals surface area (Å²) < 4.78 is 10.5. The normalized spacial score (nSPS) is 11.8. The van der Waals surface area contributed by atoms with Gasteiger partial charge in [0, 0.05) is 54.8 Å². The van der Waals surface area contributed by atoms with Crippen molar-refractivity contribution in [1.29, 1.82) is 0 Å². The zero-order chi connectivity index (χ0) is 35.8. The topological polar surface area (TPSA) is 44.9 Å². The van der Waals surface area contributed by atoms with E-state index in [1.165, 1.54) is 38.1 Å². The van der Waals surface area contributed by atoms with E-state index in [0.29, 0.717) is 0 Å². The number of ether oxygens (including phenoxy) is 1. The molecule has 254 valence electrons. The number of rotatable bonds is 5. The highest BCUT2D eigenvalue weighted by atomic mass is 16.5. The van der Waals surface area contributed by atoms with Crippen LogP contribution in [0.4, 0.5) is 0 Å². The van der Waals surface area contributed by atoms with Gasteiger partial charge in [0.1, 0.15) is 5.75 Å². The molecule has 0 aliphatic rings. The summed E-state index contributed by atoms with van der Waals surface area (Å²) in [5, 5.41) is 6.99. The van der Waals surface area contributed by atoms with Crippen molar-refractivity contribution < 1.29 is 4.74 Å². The van der Waals surface area contributed by atoms with Gasteiger partial charge in [-0.3, -0.25) is 0 Å². The molecule has 0 spiro atoms. The van der Waals surface area contributed by atoms with Gasteiger partial charge in [-0.25, -0.2) is 9.97 Å². The van der Waals surface area contributed by atoms with Gasteiger partial charge in [-0.15, -0.1) is 0 Å². The summed E-state index contributed by atoms with van der Waals surface area (Å²) in [4.78, 5) is 10.5. The van der Waals surface area contributed by atoms with Crippen LogP contribution < -0.4 is 4.74 Å². The molecule has 0 atom stereocenters. The average Bonchev–Trinajstić information content (AvgIpc) is 3.77. The molecule has 4 aromatic heterocycles. The predicted molar refractivity (Wildman–Crippen MR) is 223 cm³/mol. The summed E-state index contributed by atoms with van der Waals surface area (Å²) in [5.74, 6) is 0.793. The fourth-order valence-electron chi connectivity index (χ4n) is 8.35. The lowest BCUT2D eigenvalue weighted by Crippen LogP contribution is -1.99. The third kappa shape index (κ3) is 4.52. The molecule has 0 aliphatic carbocycles. The fourth-order valence-corrected chi connectivity index (χ4v) is 8.35. The van der Waals surface area contributed by atoms with E-state index in [-0.39, 0.29) is 0 Å². The van der Waals surface area contributed by atoms with E-state index in [2.05, 4.69) is 161 Å². The Kier molecular flexibility index (Phi) is 6.70. The quantitative estimate of drug-likeness (QED) is 0.169. The van der Waals surface area contributed by atoms with Crippen LogP contribution in [0.2, 0.25) is 0 Å². The largest absolute Gasteiger partial charge is 0.496 e. The van der Waals surface area contributed by atoms with Crippen molar-refractivity contribution >= 4 is 65.4 Å². The Labute approximate surface area is 311 Å². The molecule has 0 N–H and O–H groups in total. The molecule has 7 aromatic carbocycles. The molecular weight excluding hydrogens is 661 g/mol. The first kappa shape index (κ1) is 30.4. The molecule has 54 heavy (non-hydrogen) atoms. The molecule has 4 heterocycles. The first-order chi connectivity index (χ1) is 26.7. The summed E-state index contributed by atoms with van der Waals surface area (Å²) in [6, 6.07) is 62.2. The number of methoxy groups -OCH3 is 1. The van der Waals surface area contributed by atoms with E-state index in [1.807, 2.05) is 24.3 Å². The van der Waals surface area contributed by atoms with Gasteiger partial charge < -0.3 is 13.9 Å². The zero-order valence-corrected chi connectivity index (χ0v) is 29.4. The number of aromatic nitrogens is 4.